The molecular weight excluding hydrogens is 516 g/mol. The van der Waals surface area contributed by atoms with E-state index in [1.165, 1.54) is 4.90 Å². The van der Waals surface area contributed by atoms with Crippen molar-refractivity contribution in [3.63, 3.8) is 0 Å². The normalized spacial score (nSPS) is 16.7. The lowest BCUT2D eigenvalue weighted by Crippen LogP contribution is -2.29. The van der Waals surface area contributed by atoms with Crippen molar-refractivity contribution in [2.45, 2.75) is 53.5 Å². The molecule has 0 spiro atoms. The number of nitrogens with zero attached hydrogens (tertiary/aromatic N) is 2. The maximum absolute atomic E-state index is 13.5. The fraction of sp³-hybridized carbons (Fsp3) is 0.333. The molecule has 1 aliphatic heterocycles. The van der Waals surface area contributed by atoms with Crippen molar-refractivity contribution in [2.24, 2.45) is 0 Å². The second kappa shape index (κ2) is 11.4. The first-order chi connectivity index (χ1) is 18.6. The zero-order valence-electron chi connectivity index (χ0n) is 22.9. The van der Waals surface area contributed by atoms with Crippen LogP contribution in [0.2, 0.25) is 0 Å². The third-order valence-corrected chi connectivity index (χ3v) is 7.70. The molecule has 2 aromatic carbocycles. The third kappa shape index (κ3) is 5.31. The van der Waals surface area contributed by atoms with Gasteiger partial charge in [0.2, 0.25) is 0 Å². The number of aliphatic hydroxyl groups is 1. The Bertz CT molecular complexity index is 1450. The van der Waals surface area contributed by atoms with Crippen LogP contribution in [0.25, 0.3) is 5.76 Å². The van der Waals surface area contributed by atoms with Crippen LogP contribution in [0.1, 0.15) is 77.3 Å². The quantitative estimate of drug-likeness (QED) is 0.157. The maximum Gasteiger partial charge on any atom is 0.350 e. The number of hydrogen-bond donors (Lipinski definition) is 1. The molecule has 0 bridgehead atoms. The molecule has 3 aromatic rings. The van der Waals surface area contributed by atoms with E-state index in [0.29, 0.717) is 29.2 Å². The van der Waals surface area contributed by atoms with E-state index in [1.807, 2.05) is 38.1 Å². The van der Waals surface area contributed by atoms with Crippen LogP contribution in [-0.4, -0.2) is 41.0 Å². The van der Waals surface area contributed by atoms with Gasteiger partial charge in [0.25, 0.3) is 5.78 Å². The van der Waals surface area contributed by atoms with Crippen LogP contribution in [0.5, 0.6) is 5.75 Å². The number of rotatable bonds is 8. The molecule has 9 heteroatoms. The van der Waals surface area contributed by atoms with E-state index >= 15 is 0 Å². The lowest BCUT2D eigenvalue weighted by atomic mass is 9.93. The van der Waals surface area contributed by atoms with Crippen LogP contribution < -0.4 is 9.64 Å². The largest absolute Gasteiger partial charge is 0.507 e. The Morgan fingerprint density at radius 2 is 1.77 bits per heavy atom. The second-order valence-electron chi connectivity index (χ2n) is 9.54. The van der Waals surface area contributed by atoms with Gasteiger partial charge in [-0.25, -0.2) is 9.78 Å². The number of anilines is 1. The predicted molar refractivity (Wildman–Crippen MR) is 150 cm³/mol. The minimum absolute atomic E-state index is 0.0496. The molecule has 1 N–H and O–H groups in total. The standard InChI is InChI=1S/C30H32N2O6S/c1-7-37-22-14-13-21(15-17(22)5)25(33)23-24(20-11-9-19(10-12-20)16(3)4)32(28(35)26(23)34)30-31-18(6)27(39-30)29(36)38-8-2/h9-16,24,33H,7-8H2,1-6H3/b25-23+. The highest BCUT2D eigenvalue weighted by Crippen LogP contribution is 2.44. The zero-order valence-corrected chi connectivity index (χ0v) is 23.7. The van der Waals surface area contributed by atoms with Gasteiger partial charge in [0, 0.05) is 5.56 Å². The minimum Gasteiger partial charge on any atom is -0.507 e. The van der Waals surface area contributed by atoms with Crippen LogP contribution in [0.4, 0.5) is 5.13 Å². The molecule has 1 atom stereocenters. The fourth-order valence-corrected chi connectivity index (χ4v) is 5.54. The molecule has 0 radical (unpaired) electrons. The number of esters is 1. The van der Waals surface area contributed by atoms with Gasteiger partial charge in [-0.15, -0.1) is 0 Å². The second-order valence-corrected chi connectivity index (χ2v) is 10.5. The number of amides is 1. The van der Waals surface area contributed by atoms with E-state index in [-0.39, 0.29) is 33.9 Å². The Morgan fingerprint density at radius 1 is 1.08 bits per heavy atom. The number of carbonyl (C=O) groups is 3. The van der Waals surface area contributed by atoms with Gasteiger partial charge in [-0.2, -0.15) is 0 Å². The van der Waals surface area contributed by atoms with Crippen LogP contribution in [0, 0.1) is 13.8 Å². The van der Waals surface area contributed by atoms with Crippen LogP contribution in [-0.2, 0) is 14.3 Å². The first-order valence-electron chi connectivity index (χ1n) is 12.9. The molecule has 1 aliphatic rings. The van der Waals surface area contributed by atoms with E-state index in [0.717, 1.165) is 22.5 Å². The first-order valence-corrected chi connectivity index (χ1v) is 13.7. The summed E-state index contributed by atoms with van der Waals surface area (Å²) in [6.45, 7) is 11.9. The number of ketones is 1. The summed E-state index contributed by atoms with van der Waals surface area (Å²) in [5, 5.41) is 11.6. The molecule has 0 aliphatic carbocycles. The van der Waals surface area contributed by atoms with Crippen molar-refractivity contribution in [1.82, 2.24) is 4.98 Å². The van der Waals surface area contributed by atoms with Gasteiger partial charge in [-0.1, -0.05) is 49.4 Å². The molecular formula is C30H32N2O6S. The number of thiazole rings is 1. The highest BCUT2D eigenvalue weighted by molar-refractivity contribution is 7.17. The van der Waals surface area contributed by atoms with Gasteiger partial charge in [0.05, 0.1) is 30.5 Å². The number of ether oxygens (including phenoxy) is 2. The Labute approximate surface area is 231 Å². The summed E-state index contributed by atoms with van der Waals surface area (Å²) < 4.78 is 10.7. The van der Waals surface area contributed by atoms with Crippen molar-refractivity contribution in [2.75, 3.05) is 18.1 Å². The average molecular weight is 549 g/mol. The summed E-state index contributed by atoms with van der Waals surface area (Å²) in [5.41, 5.74) is 3.24. The molecule has 39 heavy (non-hydrogen) atoms. The predicted octanol–water partition coefficient (Wildman–Crippen LogP) is 6.09. The summed E-state index contributed by atoms with van der Waals surface area (Å²) in [6, 6.07) is 11.7. The van der Waals surface area contributed by atoms with E-state index in [1.54, 1.807) is 32.0 Å². The maximum atomic E-state index is 13.5. The molecule has 1 amide bonds. The number of aryl methyl sites for hydroxylation is 2. The Morgan fingerprint density at radius 3 is 2.36 bits per heavy atom. The minimum atomic E-state index is -0.946. The molecule has 1 aromatic heterocycles. The Balaban J connectivity index is 1.90. The lowest BCUT2D eigenvalue weighted by molar-refractivity contribution is -0.132. The number of Topliss-reactive ketones (excluding diaryl/α,β-unsaturated/α-hetero) is 1. The third-order valence-electron chi connectivity index (χ3n) is 6.56. The molecule has 4 rings (SSSR count). The molecule has 1 unspecified atom stereocenters. The summed E-state index contributed by atoms with van der Waals surface area (Å²) in [4.78, 5) is 45.4. The number of benzene rings is 2. The van der Waals surface area contributed by atoms with Gasteiger partial charge in [0.1, 0.15) is 16.4 Å². The highest BCUT2D eigenvalue weighted by atomic mass is 32.1. The molecule has 0 saturated carbocycles. The van der Waals surface area contributed by atoms with Crippen molar-refractivity contribution < 1.29 is 29.0 Å². The van der Waals surface area contributed by atoms with Gasteiger partial charge >= 0.3 is 11.9 Å². The Kier molecular flexibility index (Phi) is 8.20. The van der Waals surface area contributed by atoms with Crippen LogP contribution >= 0.6 is 11.3 Å². The molecule has 1 saturated heterocycles. The van der Waals surface area contributed by atoms with Crippen molar-refractivity contribution in [1.29, 1.82) is 0 Å². The fourth-order valence-electron chi connectivity index (χ4n) is 4.55. The zero-order chi connectivity index (χ0) is 28.4. The van der Waals surface area contributed by atoms with E-state index in [2.05, 4.69) is 18.8 Å². The molecule has 2 heterocycles. The van der Waals surface area contributed by atoms with Crippen LogP contribution in [0.15, 0.2) is 48.0 Å². The van der Waals surface area contributed by atoms with Crippen LogP contribution in [0.3, 0.4) is 0 Å². The van der Waals surface area contributed by atoms with E-state index < -0.39 is 23.7 Å². The topological polar surface area (TPSA) is 106 Å². The van der Waals surface area contributed by atoms with Gasteiger partial charge in [0.15, 0.2) is 5.13 Å². The van der Waals surface area contributed by atoms with Crippen molar-refractivity contribution in [3.8, 4) is 5.75 Å². The van der Waals surface area contributed by atoms with Gasteiger partial charge in [-0.3, -0.25) is 14.5 Å². The monoisotopic (exact) mass is 548 g/mol. The molecule has 204 valence electrons. The number of hydrogen-bond acceptors (Lipinski definition) is 8. The summed E-state index contributed by atoms with van der Waals surface area (Å²) in [6.07, 6.45) is 0. The molecule has 8 nitrogen and oxygen atoms in total. The number of carbonyl (C=O) groups excluding carboxylic acids is 3. The Hall–Kier alpha value is -3.98. The van der Waals surface area contributed by atoms with E-state index in [4.69, 9.17) is 9.47 Å². The van der Waals surface area contributed by atoms with Gasteiger partial charge in [-0.05, 0) is 68.5 Å². The lowest BCUT2D eigenvalue weighted by Gasteiger charge is -2.23. The first kappa shape index (κ1) is 28.0. The SMILES string of the molecule is CCOC(=O)c1sc(N2C(=O)C(=O)/C(=C(/O)c3ccc(OCC)c(C)c3)C2c2ccc(C(C)C)cc2)nc1C. The highest BCUT2D eigenvalue weighted by Gasteiger charge is 2.48. The summed E-state index contributed by atoms with van der Waals surface area (Å²) in [7, 11) is 0. The van der Waals surface area contributed by atoms with Gasteiger partial charge < -0.3 is 14.6 Å². The van der Waals surface area contributed by atoms with Crippen molar-refractivity contribution >= 4 is 39.9 Å². The van der Waals surface area contributed by atoms with E-state index in [9.17, 15) is 19.5 Å². The van der Waals surface area contributed by atoms with Crippen molar-refractivity contribution in [3.05, 3.63) is 80.9 Å². The average Bonchev–Trinajstić information content (AvgIpc) is 3.41. The molecule has 1 fully saturated rings. The number of aliphatic hydroxyl groups excluding tert-OH is 1. The number of aromatic nitrogens is 1. The summed E-state index contributed by atoms with van der Waals surface area (Å²) in [5.74, 6) is -1.55. The summed E-state index contributed by atoms with van der Waals surface area (Å²) >= 11 is 0.983. The smallest absolute Gasteiger partial charge is 0.350 e.